The van der Waals surface area contributed by atoms with Crippen molar-refractivity contribution in [3.05, 3.63) is 51.8 Å². The second kappa shape index (κ2) is 5.92. The van der Waals surface area contributed by atoms with E-state index in [2.05, 4.69) is 0 Å². The molecule has 0 saturated heterocycles. The Morgan fingerprint density at radius 2 is 2.00 bits per heavy atom. The SMILES string of the molecule is CCn1c(-c2ccc(OC)c(C)c2)ccc(CO)c1=O. The van der Waals surface area contributed by atoms with E-state index in [1.165, 1.54) is 0 Å². The van der Waals surface area contributed by atoms with Crippen LogP contribution < -0.4 is 10.3 Å². The Morgan fingerprint density at radius 1 is 1.25 bits per heavy atom. The number of nitrogens with zero attached hydrogens (tertiary/aromatic N) is 1. The predicted molar refractivity (Wildman–Crippen MR) is 79.0 cm³/mol. The second-order valence-corrected chi connectivity index (χ2v) is 4.64. The number of rotatable bonds is 4. The smallest absolute Gasteiger partial charge is 0.256 e. The van der Waals surface area contributed by atoms with Gasteiger partial charge in [-0.1, -0.05) is 0 Å². The van der Waals surface area contributed by atoms with Gasteiger partial charge in [0.05, 0.1) is 19.4 Å². The maximum absolute atomic E-state index is 12.2. The summed E-state index contributed by atoms with van der Waals surface area (Å²) in [7, 11) is 1.64. The van der Waals surface area contributed by atoms with E-state index in [1.54, 1.807) is 17.7 Å². The van der Waals surface area contributed by atoms with Gasteiger partial charge in [0.1, 0.15) is 5.75 Å². The van der Waals surface area contributed by atoms with Crippen molar-refractivity contribution in [1.82, 2.24) is 4.57 Å². The van der Waals surface area contributed by atoms with Crippen molar-refractivity contribution in [2.45, 2.75) is 27.0 Å². The van der Waals surface area contributed by atoms with Crippen LogP contribution in [0.3, 0.4) is 0 Å². The molecule has 0 radical (unpaired) electrons. The fourth-order valence-electron chi connectivity index (χ4n) is 2.35. The fourth-order valence-corrected chi connectivity index (χ4v) is 2.35. The minimum Gasteiger partial charge on any atom is -0.496 e. The maximum atomic E-state index is 12.2. The molecule has 0 aliphatic rings. The molecule has 2 aromatic rings. The lowest BCUT2D eigenvalue weighted by molar-refractivity contribution is 0.279. The predicted octanol–water partition coefficient (Wildman–Crippen LogP) is 2.34. The van der Waals surface area contributed by atoms with Crippen molar-refractivity contribution >= 4 is 0 Å². The van der Waals surface area contributed by atoms with Crippen LogP contribution in [0.15, 0.2) is 35.1 Å². The number of ether oxygens (including phenoxy) is 1. The summed E-state index contributed by atoms with van der Waals surface area (Å²) in [6.07, 6.45) is 0. The monoisotopic (exact) mass is 273 g/mol. The Kier molecular flexibility index (Phi) is 4.25. The molecule has 0 saturated carbocycles. The van der Waals surface area contributed by atoms with Gasteiger partial charge in [0.2, 0.25) is 0 Å². The summed E-state index contributed by atoms with van der Waals surface area (Å²) in [5, 5.41) is 9.18. The average molecular weight is 273 g/mol. The van der Waals surface area contributed by atoms with E-state index in [0.717, 1.165) is 22.6 Å². The summed E-state index contributed by atoms with van der Waals surface area (Å²) in [6.45, 7) is 4.22. The number of aryl methyl sites for hydroxylation is 1. The minimum atomic E-state index is -0.235. The van der Waals surface area contributed by atoms with Crippen LogP contribution >= 0.6 is 0 Å². The number of benzene rings is 1. The van der Waals surface area contributed by atoms with Crippen LogP contribution in [0.5, 0.6) is 5.75 Å². The molecule has 106 valence electrons. The van der Waals surface area contributed by atoms with Gasteiger partial charge in [0, 0.05) is 12.1 Å². The lowest BCUT2D eigenvalue weighted by atomic mass is 10.1. The zero-order valence-corrected chi connectivity index (χ0v) is 12.0. The van der Waals surface area contributed by atoms with Gasteiger partial charge in [-0.25, -0.2) is 0 Å². The quantitative estimate of drug-likeness (QED) is 0.930. The summed E-state index contributed by atoms with van der Waals surface area (Å²) >= 11 is 0. The Bertz CT molecular complexity index is 674. The van der Waals surface area contributed by atoms with E-state index in [-0.39, 0.29) is 12.2 Å². The van der Waals surface area contributed by atoms with Crippen molar-refractivity contribution in [2.24, 2.45) is 0 Å². The lowest BCUT2D eigenvalue weighted by Gasteiger charge is -2.14. The van der Waals surface area contributed by atoms with Crippen LogP contribution in [0, 0.1) is 6.92 Å². The third kappa shape index (κ3) is 2.47. The molecule has 4 heteroatoms. The first-order chi connectivity index (χ1) is 9.62. The van der Waals surface area contributed by atoms with Gasteiger partial charge < -0.3 is 14.4 Å². The molecule has 4 nitrogen and oxygen atoms in total. The van der Waals surface area contributed by atoms with Gasteiger partial charge in [-0.15, -0.1) is 0 Å². The minimum absolute atomic E-state index is 0.138. The Morgan fingerprint density at radius 3 is 2.55 bits per heavy atom. The van der Waals surface area contributed by atoms with Crippen molar-refractivity contribution in [2.75, 3.05) is 7.11 Å². The molecule has 2 rings (SSSR count). The van der Waals surface area contributed by atoms with Crippen LogP contribution in [0.25, 0.3) is 11.3 Å². The summed E-state index contributed by atoms with van der Waals surface area (Å²) in [4.78, 5) is 12.2. The van der Waals surface area contributed by atoms with Crippen LogP contribution in [-0.4, -0.2) is 16.8 Å². The molecule has 0 fully saturated rings. The molecular formula is C16H19NO3. The molecule has 0 aliphatic heterocycles. The molecular weight excluding hydrogens is 254 g/mol. The number of hydrogen-bond donors (Lipinski definition) is 1. The summed E-state index contributed by atoms with van der Waals surface area (Å²) in [5.74, 6) is 0.825. The molecule has 0 aliphatic carbocycles. The van der Waals surface area contributed by atoms with Gasteiger partial charge >= 0.3 is 0 Å². The Labute approximate surface area is 118 Å². The van der Waals surface area contributed by atoms with Crippen molar-refractivity contribution in [1.29, 1.82) is 0 Å². The number of aliphatic hydroxyl groups is 1. The lowest BCUT2D eigenvalue weighted by Crippen LogP contribution is -2.24. The highest BCUT2D eigenvalue weighted by molar-refractivity contribution is 5.62. The number of methoxy groups -OCH3 is 1. The second-order valence-electron chi connectivity index (χ2n) is 4.64. The third-order valence-corrected chi connectivity index (χ3v) is 3.43. The van der Waals surface area contributed by atoms with Crippen LogP contribution in [0.4, 0.5) is 0 Å². The zero-order chi connectivity index (χ0) is 14.7. The maximum Gasteiger partial charge on any atom is 0.256 e. The van der Waals surface area contributed by atoms with Gasteiger partial charge in [-0.05, 0) is 55.3 Å². The molecule has 1 N–H and O–H groups in total. The molecule has 0 spiro atoms. The fraction of sp³-hybridized carbons (Fsp3) is 0.312. The zero-order valence-electron chi connectivity index (χ0n) is 12.0. The molecule has 0 unspecified atom stereocenters. The molecule has 0 atom stereocenters. The van der Waals surface area contributed by atoms with E-state index in [9.17, 15) is 9.90 Å². The summed E-state index contributed by atoms with van der Waals surface area (Å²) < 4.78 is 6.92. The van der Waals surface area contributed by atoms with Crippen LogP contribution in [-0.2, 0) is 13.2 Å². The van der Waals surface area contributed by atoms with Gasteiger partial charge in [-0.3, -0.25) is 4.79 Å². The highest BCUT2D eigenvalue weighted by Crippen LogP contribution is 2.25. The van der Waals surface area contributed by atoms with E-state index < -0.39 is 0 Å². The molecule has 1 aromatic carbocycles. The molecule has 1 aromatic heterocycles. The van der Waals surface area contributed by atoms with Crippen molar-refractivity contribution in [3.63, 3.8) is 0 Å². The summed E-state index contributed by atoms with van der Waals surface area (Å²) in [6, 6.07) is 9.39. The topological polar surface area (TPSA) is 51.5 Å². The number of pyridine rings is 1. The first-order valence-electron chi connectivity index (χ1n) is 6.61. The highest BCUT2D eigenvalue weighted by atomic mass is 16.5. The molecule has 1 heterocycles. The van der Waals surface area contributed by atoms with Gasteiger partial charge in [0.15, 0.2) is 0 Å². The van der Waals surface area contributed by atoms with E-state index in [1.807, 2.05) is 38.1 Å². The highest BCUT2D eigenvalue weighted by Gasteiger charge is 2.10. The standard InChI is InChI=1S/C16H19NO3/c1-4-17-14(7-5-13(10-18)16(17)19)12-6-8-15(20-3)11(2)9-12/h5-9,18H,4,10H2,1-3H3. The first kappa shape index (κ1) is 14.3. The van der Waals surface area contributed by atoms with Gasteiger partial charge in [-0.2, -0.15) is 0 Å². The first-order valence-corrected chi connectivity index (χ1v) is 6.61. The molecule has 20 heavy (non-hydrogen) atoms. The number of aliphatic hydroxyl groups excluding tert-OH is 1. The van der Waals surface area contributed by atoms with Crippen molar-refractivity contribution < 1.29 is 9.84 Å². The van der Waals surface area contributed by atoms with Crippen LogP contribution in [0.2, 0.25) is 0 Å². The Balaban J connectivity index is 2.61. The van der Waals surface area contributed by atoms with E-state index in [0.29, 0.717) is 12.1 Å². The largest absolute Gasteiger partial charge is 0.496 e. The van der Waals surface area contributed by atoms with Crippen molar-refractivity contribution in [3.8, 4) is 17.0 Å². The normalized spacial score (nSPS) is 10.6. The van der Waals surface area contributed by atoms with E-state index >= 15 is 0 Å². The van der Waals surface area contributed by atoms with E-state index in [4.69, 9.17) is 4.74 Å². The molecule has 0 amide bonds. The summed E-state index contributed by atoms with van der Waals surface area (Å²) in [5.41, 5.74) is 3.11. The number of aromatic nitrogens is 1. The van der Waals surface area contributed by atoms with Gasteiger partial charge in [0.25, 0.3) is 5.56 Å². The Hall–Kier alpha value is -2.07. The average Bonchev–Trinajstić information content (AvgIpc) is 2.46. The third-order valence-electron chi connectivity index (χ3n) is 3.43. The molecule has 0 bridgehead atoms. The number of hydrogen-bond acceptors (Lipinski definition) is 3. The van der Waals surface area contributed by atoms with Crippen LogP contribution in [0.1, 0.15) is 18.1 Å².